The van der Waals surface area contributed by atoms with Gasteiger partial charge in [-0.25, -0.2) is 4.98 Å². The molecule has 3 aromatic rings. The fourth-order valence-electron chi connectivity index (χ4n) is 3.48. The fourth-order valence-corrected chi connectivity index (χ4v) is 3.48. The SMILES string of the molecule is Cc1cccc(C(=O)N2CCCC(Cc3nc(-c4cnccn4)no3)C2)c1. The molecule has 0 aliphatic carbocycles. The van der Waals surface area contributed by atoms with Crippen LogP contribution in [0.3, 0.4) is 0 Å². The summed E-state index contributed by atoms with van der Waals surface area (Å²) < 4.78 is 5.39. The van der Waals surface area contributed by atoms with Crippen molar-refractivity contribution in [2.45, 2.75) is 26.2 Å². The van der Waals surface area contributed by atoms with Crippen LogP contribution in [0.2, 0.25) is 0 Å². The third-order valence-electron chi connectivity index (χ3n) is 4.79. The van der Waals surface area contributed by atoms with Crippen LogP contribution in [0.1, 0.15) is 34.7 Å². The van der Waals surface area contributed by atoms with Crippen LogP contribution in [-0.2, 0) is 6.42 Å². The van der Waals surface area contributed by atoms with Crippen LogP contribution in [0.5, 0.6) is 0 Å². The summed E-state index contributed by atoms with van der Waals surface area (Å²) in [5, 5.41) is 3.99. The minimum Gasteiger partial charge on any atom is -0.339 e. The molecule has 1 saturated heterocycles. The van der Waals surface area contributed by atoms with Crippen LogP contribution in [-0.4, -0.2) is 44.0 Å². The normalized spacial score (nSPS) is 17.1. The summed E-state index contributed by atoms with van der Waals surface area (Å²) in [7, 11) is 0. The number of carbonyl (C=O) groups excluding carboxylic acids is 1. The zero-order valence-electron chi connectivity index (χ0n) is 15.2. The second kappa shape index (κ2) is 7.65. The van der Waals surface area contributed by atoms with Gasteiger partial charge in [0.1, 0.15) is 5.69 Å². The first-order valence-electron chi connectivity index (χ1n) is 9.14. The molecule has 1 unspecified atom stereocenters. The maximum absolute atomic E-state index is 12.8. The van der Waals surface area contributed by atoms with Gasteiger partial charge in [0, 0.05) is 37.5 Å². The Morgan fingerprint density at radius 3 is 3.07 bits per heavy atom. The highest BCUT2D eigenvalue weighted by Gasteiger charge is 2.26. The van der Waals surface area contributed by atoms with E-state index in [1.165, 1.54) is 0 Å². The van der Waals surface area contributed by atoms with Crippen molar-refractivity contribution in [1.29, 1.82) is 0 Å². The van der Waals surface area contributed by atoms with E-state index in [9.17, 15) is 4.79 Å². The molecule has 0 bridgehead atoms. The number of aromatic nitrogens is 4. The van der Waals surface area contributed by atoms with Crippen LogP contribution in [0.15, 0.2) is 47.4 Å². The van der Waals surface area contributed by atoms with Crippen molar-refractivity contribution < 1.29 is 9.32 Å². The summed E-state index contributed by atoms with van der Waals surface area (Å²) in [5.74, 6) is 1.42. The Hall–Kier alpha value is -3.09. The molecular weight excluding hydrogens is 342 g/mol. The number of hydrogen-bond acceptors (Lipinski definition) is 6. The molecular formula is C20H21N5O2. The van der Waals surface area contributed by atoms with Gasteiger partial charge in [0.15, 0.2) is 0 Å². The highest BCUT2D eigenvalue weighted by Crippen LogP contribution is 2.23. The second-order valence-electron chi connectivity index (χ2n) is 6.94. The molecule has 7 nitrogen and oxygen atoms in total. The van der Waals surface area contributed by atoms with Crippen molar-refractivity contribution in [3.05, 3.63) is 59.9 Å². The average molecular weight is 363 g/mol. The molecule has 1 aromatic carbocycles. The molecule has 27 heavy (non-hydrogen) atoms. The summed E-state index contributed by atoms with van der Waals surface area (Å²) in [6.45, 7) is 3.49. The summed E-state index contributed by atoms with van der Waals surface area (Å²) >= 11 is 0. The quantitative estimate of drug-likeness (QED) is 0.708. The van der Waals surface area contributed by atoms with Gasteiger partial charge in [-0.05, 0) is 37.8 Å². The summed E-state index contributed by atoms with van der Waals surface area (Å²) in [4.78, 5) is 27.4. The lowest BCUT2D eigenvalue weighted by molar-refractivity contribution is 0.0668. The topological polar surface area (TPSA) is 85.0 Å². The Kier molecular flexibility index (Phi) is 4.91. The largest absolute Gasteiger partial charge is 0.339 e. The Balaban J connectivity index is 1.42. The van der Waals surface area contributed by atoms with E-state index < -0.39 is 0 Å². The van der Waals surface area contributed by atoms with Gasteiger partial charge in [-0.2, -0.15) is 4.98 Å². The number of amides is 1. The molecule has 0 radical (unpaired) electrons. The van der Waals surface area contributed by atoms with Crippen LogP contribution in [0.4, 0.5) is 0 Å². The Bertz CT molecular complexity index is 925. The lowest BCUT2D eigenvalue weighted by Crippen LogP contribution is -2.40. The predicted octanol–water partition coefficient (Wildman–Crippen LogP) is 2.93. The number of nitrogens with zero attached hydrogens (tertiary/aromatic N) is 5. The molecule has 3 heterocycles. The zero-order valence-corrected chi connectivity index (χ0v) is 15.2. The minimum absolute atomic E-state index is 0.0918. The smallest absolute Gasteiger partial charge is 0.253 e. The number of piperidine rings is 1. The molecule has 1 aliphatic heterocycles. The Labute approximate surface area is 157 Å². The first-order valence-corrected chi connectivity index (χ1v) is 9.14. The highest BCUT2D eigenvalue weighted by molar-refractivity contribution is 5.94. The van der Waals surface area contributed by atoms with Gasteiger partial charge in [0.2, 0.25) is 11.7 Å². The molecule has 1 atom stereocenters. The van der Waals surface area contributed by atoms with Crippen molar-refractivity contribution in [1.82, 2.24) is 25.0 Å². The number of carbonyl (C=O) groups is 1. The van der Waals surface area contributed by atoms with Crippen molar-refractivity contribution in [2.24, 2.45) is 5.92 Å². The average Bonchev–Trinajstić information content (AvgIpc) is 3.17. The van der Waals surface area contributed by atoms with E-state index >= 15 is 0 Å². The standard InChI is InChI=1S/C20H21N5O2/c1-14-4-2-6-16(10-14)20(26)25-9-3-5-15(13-25)11-18-23-19(24-27-18)17-12-21-7-8-22-17/h2,4,6-8,10,12,15H,3,5,9,11,13H2,1H3. The summed E-state index contributed by atoms with van der Waals surface area (Å²) in [6.07, 6.45) is 7.49. The van der Waals surface area contributed by atoms with E-state index in [2.05, 4.69) is 20.1 Å². The van der Waals surface area contributed by atoms with Crippen LogP contribution in [0, 0.1) is 12.8 Å². The predicted molar refractivity (Wildman–Crippen MR) is 98.8 cm³/mol. The molecule has 0 saturated carbocycles. The van der Waals surface area contributed by atoms with Gasteiger partial charge >= 0.3 is 0 Å². The maximum Gasteiger partial charge on any atom is 0.253 e. The van der Waals surface area contributed by atoms with Crippen molar-refractivity contribution >= 4 is 5.91 Å². The van der Waals surface area contributed by atoms with Gasteiger partial charge < -0.3 is 9.42 Å². The number of aryl methyl sites for hydroxylation is 1. The molecule has 4 rings (SSSR count). The third-order valence-corrected chi connectivity index (χ3v) is 4.79. The Morgan fingerprint density at radius 1 is 1.33 bits per heavy atom. The van der Waals surface area contributed by atoms with E-state index in [1.54, 1.807) is 18.6 Å². The molecule has 138 valence electrons. The van der Waals surface area contributed by atoms with Gasteiger partial charge in [-0.3, -0.25) is 9.78 Å². The van der Waals surface area contributed by atoms with E-state index in [-0.39, 0.29) is 5.91 Å². The summed E-state index contributed by atoms with van der Waals surface area (Å²) in [5.41, 5.74) is 2.43. The van der Waals surface area contributed by atoms with Crippen molar-refractivity contribution in [3.63, 3.8) is 0 Å². The number of hydrogen-bond donors (Lipinski definition) is 0. The van der Waals surface area contributed by atoms with Crippen LogP contribution < -0.4 is 0 Å². The fraction of sp³-hybridized carbons (Fsp3) is 0.350. The first-order chi connectivity index (χ1) is 13.2. The van der Waals surface area contributed by atoms with Gasteiger partial charge in [0.05, 0.1) is 6.20 Å². The lowest BCUT2D eigenvalue weighted by atomic mass is 9.94. The van der Waals surface area contributed by atoms with Gasteiger partial charge in [-0.1, -0.05) is 22.9 Å². The van der Waals surface area contributed by atoms with Crippen LogP contribution in [0.25, 0.3) is 11.5 Å². The maximum atomic E-state index is 12.8. The minimum atomic E-state index is 0.0918. The van der Waals surface area contributed by atoms with E-state index in [0.717, 1.165) is 30.5 Å². The van der Waals surface area contributed by atoms with Gasteiger partial charge in [0.25, 0.3) is 5.91 Å². The van der Waals surface area contributed by atoms with Crippen LogP contribution >= 0.6 is 0 Å². The zero-order chi connectivity index (χ0) is 18.6. The lowest BCUT2D eigenvalue weighted by Gasteiger charge is -2.32. The third kappa shape index (κ3) is 4.02. The molecule has 0 spiro atoms. The van der Waals surface area contributed by atoms with E-state index in [4.69, 9.17) is 4.52 Å². The highest BCUT2D eigenvalue weighted by atomic mass is 16.5. The molecule has 1 fully saturated rings. The number of rotatable bonds is 4. The monoisotopic (exact) mass is 363 g/mol. The number of likely N-dealkylation sites (tertiary alicyclic amines) is 1. The molecule has 7 heteroatoms. The van der Waals surface area contributed by atoms with E-state index in [1.807, 2.05) is 36.1 Å². The molecule has 0 N–H and O–H groups in total. The molecule has 1 amide bonds. The van der Waals surface area contributed by atoms with E-state index in [0.29, 0.717) is 36.3 Å². The summed E-state index contributed by atoms with van der Waals surface area (Å²) in [6, 6.07) is 7.75. The molecule has 1 aliphatic rings. The molecule has 2 aromatic heterocycles. The number of benzene rings is 1. The van der Waals surface area contributed by atoms with Crippen molar-refractivity contribution in [2.75, 3.05) is 13.1 Å². The van der Waals surface area contributed by atoms with Crippen molar-refractivity contribution in [3.8, 4) is 11.5 Å². The second-order valence-corrected chi connectivity index (χ2v) is 6.94. The Morgan fingerprint density at radius 2 is 2.26 bits per heavy atom. The van der Waals surface area contributed by atoms with Gasteiger partial charge in [-0.15, -0.1) is 0 Å². The first kappa shape index (κ1) is 17.3.